The molecule has 0 saturated carbocycles. The van der Waals surface area contributed by atoms with Crippen LogP contribution in [0, 0.1) is 0 Å². The number of hydrogen-bond donors (Lipinski definition) is 0. The first kappa shape index (κ1) is 15.1. The number of halogens is 1. The fourth-order valence-electron chi connectivity index (χ4n) is 3.18. The smallest absolute Gasteiger partial charge is 0.245 e. The van der Waals surface area contributed by atoms with E-state index in [1.807, 2.05) is 48.5 Å². The third kappa shape index (κ3) is 2.97. The predicted octanol–water partition coefficient (Wildman–Crippen LogP) is 4.19. The molecule has 1 aromatic heterocycles. The lowest BCUT2D eigenvalue weighted by Gasteiger charge is -2.17. The lowest BCUT2D eigenvalue weighted by molar-refractivity contribution is 0.770. The van der Waals surface area contributed by atoms with Gasteiger partial charge >= 0.3 is 0 Å². The van der Waals surface area contributed by atoms with E-state index in [1.165, 1.54) is 5.56 Å². The Hall–Kier alpha value is -2.46. The summed E-state index contributed by atoms with van der Waals surface area (Å²) >= 11 is 6.34. The largest absolute Gasteiger partial charge is 0.339 e. The maximum Gasteiger partial charge on any atom is 0.245 e. The van der Waals surface area contributed by atoms with Crippen molar-refractivity contribution in [3.8, 4) is 11.3 Å². The highest BCUT2D eigenvalue weighted by atomic mass is 35.5. The van der Waals surface area contributed by atoms with Gasteiger partial charge in [-0.2, -0.15) is 5.10 Å². The van der Waals surface area contributed by atoms with E-state index in [4.69, 9.17) is 16.6 Å². The van der Waals surface area contributed by atoms with E-state index in [2.05, 4.69) is 21.2 Å². The van der Waals surface area contributed by atoms with Crippen LogP contribution in [0.1, 0.15) is 17.9 Å². The van der Waals surface area contributed by atoms with Crippen LogP contribution in [0.15, 0.2) is 60.8 Å². The maximum absolute atomic E-state index is 6.34. The molecule has 24 heavy (non-hydrogen) atoms. The average Bonchev–Trinajstić information content (AvgIpc) is 3.13. The highest BCUT2D eigenvalue weighted by molar-refractivity contribution is 6.31. The van der Waals surface area contributed by atoms with Crippen LogP contribution in [-0.2, 0) is 0 Å². The quantitative estimate of drug-likeness (QED) is 0.719. The van der Waals surface area contributed by atoms with Crippen LogP contribution in [-0.4, -0.2) is 28.3 Å². The summed E-state index contributed by atoms with van der Waals surface area (Å²) in [4.78, 5) is 6.88. The molecule has 4 nitrogen and oxygen atoms in total. The Bertz CT molecular complexity index is 838. The van der Waals surface area contributed by atoms with Gasteiger partial charge in [0.1, 0.15) is 0 Å². The zero-order valence-corrected chi connectivity index (χ0v) is 13.9. The fraction of sp³-hybridized carbons (Fsp3) is 0.211. The SMILES string of the molecule is Clc1ccccc1C1CCN(c2nncc(-c3ccccc3)n2)C1. The van der Waals surface area contributed by atoms with Crippen LogP contribution in [0.3, 0.4) is 0 Å². The van der Waals surface area contributed by atoms with Gasteiger partial charge in [0.25, 0.3) is 0 Å². The summed E-state index contributed by atoms with van der Waals surface area (Å²) in [5.74, 6) is 1.09. The van der Waals surface area contributed by atoms with Gasteiger partial charge in [-0.3, -0.25) is 0 Å². The van der Waals surface area contributed by atoms with Crippen LogP contribution in [0.4, 0.5) is 5.95 Å². The van der Waals surface area contributed by atoms with Gasteiger partial charge in [0, 0.05) is 29.6 Å². The molecule has 1 aliphatic heterocycles. The molecule has 3 aromatic rings. The summed E-state index contributed by atoms with van der Waals surface area (Å²) in [5.41, 5.74) is 3.10. The first-order chi connectivity index (χ1) is 11.8. The summed E-state index contributed by atoms with van der Waals surface area (Å²) in [6, 6.07) is 18.1. The molecule has 0 bridgehead atoms. The van der Waals surface area contributed by atoms with Gasteiger partial charge in [-0.25, -0.2) is 4.98 Å². The third-order valence-corrected chi connectivity index (χ3v) is 4.78. The number of aromatic nitrogens is 3. The van der Waals surface area contributed by atoms with Crippen molar-refractivity contribution in [1.29, 1.82) is 0 Å². The molecule has 0 N–H and O–H groups in total. The number of rotatable bonds is 3. The summed E-state index contributed by atoms with van der Waals surface area (Å²) < 4.78 is 0. The van der Waals surface area contributed by atoms with Crippen LogP contribution >= 0.6 is 11.6 Å². The Morgan fingerprint density at radius 1 is 1.00 bits per heavy atom. The molecule has 0 spiro atoms. The minimum absolute atomic E-state index is 0.405. The van der Waals surface area contributed by atoms with Crippen molar-refractivity contribution in [2.75, 3.05) is 18.0 Å². The van der Waals surface area contributed by atoms with E-state index in [9.17, 15) is 0 Å². The van der Waals surface area contributed by atoms with Gasteiger partial charge in [-0.15, -0.1) is 5.10 Å². The molecule has 120 valence electrons. The molecule has 1 atom stereocenters. The molecule has 0 aliphatic carbocycles. The van der Waals surface area contributed by atoms with Gasteiger partial charge in [0.05, 0.1) is 11.9 Å². The van der Waals surface area contributed by atoms with Crippen molar-refractivity contribution in [2.45, 2.75) is 12.3 Å². The van der Waals surface area contributed by atoms with Crippen molar-refractivity contribution in [1.82, 2.24) is 15.2 Å². The summed E-state index contributed by atoms with van der Waals surface area (Å²) in [7, 11) is 0. The first-order valence-electron chi connectivity index (χ1n) is 8.06. The Balaban J connectivity index is 1.57. The van der Waals surface area contributed by atoms with Crippen molar-refractivity contribution in [3.63, 3.8) is 0 Å². The van der Waals surface area contributed by atoms with E-state index >= 15 is 0 Å². The Morgan fingerprint density at radius 3 is 2.62 bits per heavy atom. The topological polar surface area (TPSA) is 41.9 Å². The van der Waals surface area contributed by atoms with E-state index in [0.29, 0.717) is 11.9 Å². The number of nitrogens with zero attached hydrogens (tertiary/aromatic N) is 4. The highest BCUT2D eigenvalue weighted by Crippen LogP contribution is 2.33. The Morgan fingerprint density at radius 2 is 1.79 bits per heavy atom. The molecule has 1 fully saturated rings. The zero-order valence-electron chi connectivity index (χ0n) is 13.1. The highest BCUT2D eigenvalue weighted by Gasteiger charge is 2.27. The summed E-state index contributed by atoms with van der Waals surface area (Å²) in [5, 5.41) is 9.20. The predicted molar refractivity (Wildman–Crippen MR) is 96.3 cm³/mol. The summed E-state index contributed by atoms with van der Waals surface area (Å²) in [6.07, 6.45) is 2.75. The van der Waals surface area contributed by atoms with E-state index in [-0.39, 0.29) is 0 Å². The number of anilines is 1. The van der Waals surface area contributed by atoms with E-state index < -0.39 is 0 Å². The van der Waals surface area contributed by atoms with Gasteiger partial charge in [-0.05, 0) is 18.1 Å². The van der Waals surface area contributed by atoms with Gasteiger partial charge in [-0.1, -0.05) is 60.1 Å². The lowest BCUT2D eigenvalue weighted by Crippen LogP contribution is -2.22. The van der Waals surface area contributed by atoms with Gasteiger partial charge in [0.15, 0.2) is 0 Å². The first-order valence-corrected chi connectivity index (χ1v) is 8.43. The van der Waals surface area contributed by atoms with E-state index in [1.54, 1.807) is 6.20 Å². The van der Waals surface area contributed by atoms with Crippen molar-refractivity contribution in [2.24, 2.45) is 0 Å². The minimum Gasteiger partial charge on any atom is -0.339 e. The van der Waals surface area contributed by atoms with Crippen LogP contribution in [0.2, 0.25) is 5.02 Å². The summed E-state index contributed by atoms with van der Waals surface area (Å²) in [6.45, 7) is 1.78. The standard InChI is InChI=1S/C19H17ClN4/c20-17-9-5-4-8-16(17)15-10-11-24(13-15)19-22-18(12-21-23-19)14-6-2-1-3-7-14/h1-9,12,15H,10-11,13H2. The van der Waals surface area contributed by atoms with Crippen LogP contribution in [0.5, 0.6) is 0 Å². The van der Waals surface area contributed by atoms with Crippen molar-refractivity contribution < 1.29 is 0 Å². The third-order valence-electron chi connectivity index (χ3n) is 4.43. The Kier molecular flexibility index (Phi) is 4.13. The molecule has 1 unspecified atom stereocenters. The lowest BCUT2D eigenvalue weighted by atomic mass is 9.98. The van der Waals surface area contributed by atoms with Gasteiger partial charge in [0.2, 0.25) is 5.95 Å². The normalized spacial score (nSPS) is 17.2. The second-order valence-corrected chi connectivity index (χ2v) is 6.37. The average molecular weight is 337 g/mol. The number of benzene rings is 2. The maximum atomic E-state index is 6.34. The molecule has 2 heterocycles. The van der Waals surface area contributed by atoms with Crippen molar-refractivity contribution in [3.05, 3.63) is 71.4 Å². The molecule has 2 aromatic carbocycles. The zero-order chi connectivity index (χ0) is 16.4. The molecule has 0 amide bonds. The molecule has 1 aliphatic rings. The monoisotopic (exact) mass is 336 g/mol. The molecular weight excluding hydrogens is 320 g/mol. The van der Waals surface area contributed by atoms with Gasteiger partial charge < -0.3 is 4.90 Å². The minimum atomic E-state index is 0.405. The molecular formula is C19H17ClN4. The van der Waals surface area contributed by atoms with E-state index in [0.717, 1.165) is 35.8 Å². The van der Waals surface area contributed by atoms with Crippen molar-refractivity contribution >= 4 is 17.5 Å². The van der Waals surface area contributed by atoms with Crippen LogP contribution in [0.25, 0.3) is 11.3 Å². The second-order valence-electron chi connectivity index (χ2n) is 5.96. The number of hydrogen-bond acceptors (Lipinski definition) is 4. The molecule has 5 heteroatoms. The Labute approximate surface area is 146 Å². The molecule has 4 rings (SSSR count). The fourth-order valence-corrected chi connectivity index (χ4v) is 3.47. The second kappa shape index (κ2) is 6.57. The molecule has 1 saturated heterocycles. The molecule has 0 radical (unpaired) electrons. The van der Waals surface area contributed by atoms with Crippen LogP contribution < -0.4 is 4.90 Å².